The molecule has 1 atom stereocenters. The summed E-state index contributed by atoms with van der Waals surface area (Å²) in [6, 6.07) is 77.9. The normalized spacial score (nSPS) is 11.9. The Hall–Kier alpha value is -6.96. The van der Waals surface area contributed by atoms with Crippen LogP contribution in [0.1, 0.15) is 44.9 Å². The second-order valence-corrected chi connectivity index (χ2v) is 13.4. The van der Waals surface area contributed by atoms with Crippen LogP contribution in [0.15, 0.2) is 218 Å². The van der Waals surface area contributed by atoms with Gasteiger partial charge in [0.2, 0.25) is 0 Å². The molecule has 8 rings (SSSR count). The highest BCUT2D eigenvalue weighted by atomic mass is 15.1. The third-order valence-electron chi connectivity index (χ3n) is 9.81. The molecule has 0 radical (unpaired) electrons. The summed E-state index contributed by atoms with van der Waals surface area (Å²) >= 11 is 0. The molecule has 8 aromatic rings. The van der Waals surface area contributed by atoms with Gasteiger partial charge in [-0.2, -0.15) is 0 Å². The van der Waals surface area contributed by atoms with Crippen LogP contribution in [0, 0.1) is 0 Å². The number of hydrogen-bond acceptors (Lipinski definition) is 1. The van der Waals surface area contributed by atoms with Crippen molar-refractivity contribution in [3.63, 3.8) is 0 Å². The van der Waals surface area contributed by atoms with Crippen LogP contribution in [0.25, 0.3) is 35.4 Å². The van der Waals surface area contributed by atoms with E-state index in [-0.39, 0.29) is 5.92 Å². The minimum atomic E-state index is 0.134. The zero-order valence-electron chi connectivity index (χ0n) is 30.1. The third-order valence-corrected chi connectivity index (χ3v) is 9.81. The highest BCUT2D eigenvalue weighted by molar-refractivity contribution is 5.79. The average Bonchev–Trinajstić information content (AvgIpc) is 3.25. The summed E-state index contributed by atoms with van der Waals surface area (Å²) < 4.78 is 0. The van der Waals surface area contributed by atoms with E-state index in [1.54, 1.807) is 0 Å². The maximum absolute atomic E-state index is 2.31. The second-order valence-electron chi connectivity index (χ2n) is 13.4. The first kappa shape index (κ1) is 34.1. The van der Waals surface area contributed by atoms with E-state index in [9.17, 15) is 0 Å². The Bertz CT molecular complexity index is 2230. The van der Waals surface area contributed by atoms with Crippen molar-refractivity contribution in [3.8, 4) is 11.1 Å². The lowest BCUT2D eigenvalue weighted by Crippen LogP contribution is -2.09. The van der Waals surface area contributed by atoms with Crippen LogP contribution in [0.2, 0.25) is 0 Å². The molecule has 0 bridgehead atoms. The van der Waals surface area contributed by atoms with Gasteiger partial charge < -0.3 is 4.90 Å². The average molecular weight is 692 g/mol. The first-order chi connectivity index (χ1) is 26.8. The molecular weight excluding hydrogens is 651 g/mol. The molecule has 0 aliphatic rings. The molecule has 1 unspecified atom stereocenters. The van der Waals surface area contributed by atoms with Crippen LogP contribution in [-0.2, 0) is 0 Å². The second kappa shape index (κ2) is 16.6. The van der Waals surface area contributed by atoms with Gasteiger partial charge in [-0.3, -0.25) is 0 Å². The minimum Gasteiger partial charge on any atom is -0.311 e. The number of rotatable bonds is 11. The first-order valence-corrected chi connectivity index (χ1v) is 18.5. The zero-order chi connectivity index (χ0) is 36.4. The molecule has 0 spiro atoms. The van der Waals surface area contributed by atoms with Crippen LogP contribution in [0.3, 0.4) is 0 Å². The molecule has 0 saturated carbocycles. The summed E-state index contributed by atoms with van der Waals surface area (Å²) in [5.41, 5.74) is 14.3. The van der Waals surface area contributed by atoms with E-state index in [2.05, 4.69) is 235 Å². The molecule has 54 heavy (non-hydrogen) atoms. The van der Waals surface area contributed by atoms with Crippen LogP contribution >= 0.6 is 0 Å². The van der Waals surface area contributed by atoms with E-state index in [0.29, 0.717) is 0 Å². The Morgan fingerprint density at radius 1 is 0.259 bits per heavy atom. The van der Waals surface area contributed by atoms with Crippen molar-refractivity contribution in [3.05, 3.63) is 257 Å². The smallest absolute Gasteiger partial charge is 0.0462 e. The van der Waals surface area contributed by atoms with Crippen LogP contribution in [0.4, 0.5) is 17.1 Å². The fourth-order valence-electron chi connectivity index (χ4n) is 6.97. The van der Waals surface area contributed by atoms with Gasteiger partial charge in [-0.05, 0) is 86.5 Å². The summed E-state index contributed by atoms with van der Waals surface area (Å²) in [7, 11) is 0. The Morgan fingerprint density at radius 2 is 0.556 bits per heavy atom. The van der Waals surface area contributed by atoms with E-state index in [1.165, 1.54) is 44.5 Å². The Balaban J connectivity index is 1.03. The van der Waals surface area contributed by atoms with Gasteiger partial charge in [-0.1, -0.05) is 206 Å². The van der Waals surface area contributed by atoms with Crippen molar-refractivity contribution >= 4 is 41.4 Å². The fraction of sp³-hybridized carbons (Fsp3) is 0.0189. The minimum absolute atomic E-state index is 0.134. The molecule has 0 amide bonds. The van der Waals surface area contributed by atoms with Gasteiger partial charge in [0.25, 0.3) is 0 Å². The van der Waals surface area contributed by atoms with Crippen LogP contribution in [0.5, 0.6) is 0 Å². The van der Waals surface area contributed by atoms with Crippen molar-refractivity contribution in [1.29, 1.82) is 0 Å². The molecule has 0 aliphatic heterocycles. The monoisotopic (exact) mass is 691 g/mol. The van der Waals surface area contributed by atoms with Gasteiger partial charge in [-0.25, -0.2) is 0 Å². The van der Waals surface area contributed by atoms with Crippen LogP contribution < -0.4 is 4.90 Å². The van der Waals surface area contributed by atoms with E-state index < -0.39 is 0 Å². The molecule has 0 N–H and O–H groups in total. The topological polar surface area (TPSA) is 3.24 Å². The zero-order valence-corrected chi connectivity index (χ0v) is 30.1. The standard InChI is InChI=1S/C53H41N/c1-5-13-41(14-6-1)21-23-43-25-29-48(30-26-43)53(47-17-9-3-10-18-47)49-33-31-45(32-34-49)46-35-39-52(40-36-46)54(50-19-11-4-12-20-50)51-37-27-44(28-38-51)24-22-42-15-7-2-8-16-42/h1-40,53H/b23-21+,24-22+. The predicted molar refractivity (Wildman–Crippen MR) is 231 cm³/mol. The Kier molecular flexibility index (Phi) is 10.5. The molecule has 1 nitrogen and oxygen atoms in total. The quantitative estimate of drug-likeness (QED) is 0.0964. The molecule has 0 aromatic heterocycles. The maximum atomic E-state index is 2.31. The first-order valence-electron chi connectivity index (χ1n) is 18.5. The highest BCUT2D eigenvalue weighted by Gasteiger charge is 2.17. The molecule has 258 valence electrons. The lowest BCUT2D eigenvalue weighted by molar-refractivity contribution is 0.977. The van der Waals surface area contributed by atoms with Crippen molar-refractivity contribution < 1.29 is 0 Å². The van der Waals surface area contributed by atoms with Gasteiger partial charge >= 0.3 is 0 Å². The van der Waals surface area contributed by atoms with Crippen molar-refractivity contribution in [2.75, 3.05) is 4.90 Å². The Morgan fingerprint density at radius 3 is 1.02 bits per heavy atom. The number of nitrogens with zero attached hydrogens (tertiary/aromatic N) is 1. The summed E-state index contributed by atoms with van der Waals surface area (Å²) in [6.07, 6.45) is 8.66. The maximum Gasteiger partial charge on any atom is 0.0462 e. The van der Waals surface area contributed by atoms with Crippen LogP contribution in [-0.4, -0.2) is 0 Å². The molecular formula is C53H41N. The molecule has 0 heterocycles. The highest BCUT2D eigenvalue weighted by Crippen LogP contribution is 2.37. The van der Waals surface area contributed by atoms with Gasteiger partial charge in [0, 0.05) is 23.0 Å². The summed E-state index contributed by atoms with van der Waals surface area (Å²) in [6.45, 7) is 0. The van der Waals surface area contributed by atoms with Crippen molar-refractivity contribution in [2.24, 2.45) is 0 Å². The van der Waals surface area contributed by atoms with E-state index in [4.69, 9.17) is 0 Å². The van der Waals surface area contributed by atoms with E-state index in [1.807, 2.05) is 12.1 Å². The lowest BCUT2D eigenvalue weighted by atomic mass is 9.84. The molecule has 1 heteroatoms. The largest absolute Gasteiger partial charge is 0.311 e. The molecule has 8 aromatic carbocycles. The third kappa shape index (κ3) is 8.23. The van der Waals surface area contributed by atoms with E-state index in [0.717, 1.165) is 22.6 Å². The molecule has 0 aliphatic carbocycles. The summed E-state index contributed by atoms with van der Waals surface area (Å²) in [5.74, 6) is 0.134. The number of benzene rings is 8. The summed E-state index contributed by atoms with van der Waals surface area (Å²) in [5, 5.41) is 0. The Labute approximate surface area is 319 Å². The lowest BCUT2D eigenvalue weighted by Gasteiger charge is -2.25. The molecule has 0 fully saturated rings. The SMILES string of the molecule is C(=C\c1ccc(C(c2ccccc2)c2ccc(-c3ccc(N(c4ccccc4)c4ccc(/C=C/c5ccccc5)cc4)cc3)cc2)cc1)/c1ccccc1. The number of para-hydroxylation sites is 1. The van der Waals surface area contributed by atoms with Gasteiger partial charge in [-0.15, -0.1) is 0 Å². The summed E-state index contributed by atoms with van der Waals surface area (Å²) in [4.78, 5) is 2.31. The van der Waals surface area contributed by atoms with Gasteiger partial charge in [0.1, 0.15) is 0 Å². The van der Waals surface area contributed by atoms with Gasteiger partial charge in [0.15, 0.2) is 0 Å². The van der Waals surface area contributed by atoms with Crippen molar-refractivity contribution in [2.45, 2.75) is 5.92 Å². The number of anilines is 3. The predicted octanol–water partition coefficient (Wildman–Crippen LogP) is 14.3. The number of hydrogen-bond donors (Lipinski definition) is 0. The van der Waals surface area contributed by atoms with Gasteiger partial charge in [0.05, 0.1) is 0 Å². The fourth-order valence-corrected chi connectivity index (χ4v) is 6.97. The van der Waals surface area contributed by atoms with E-state index >= 15 is 0 Å². The molecule has 0 saturated heterocycles. The van der Waals surface area contributed by atoms with Crippen molar-refractivity contribution in [1.82, 2.24) is 0 Å².